The molecule has 150 valence electrons. The fourth-order valence-corrected chi connectivity index (χ4v) is 4.87. The highest BCUT2D eigenvalue weighted by Crippen LogP contribution is 2.31. The number of aryl methyl sites for hydroxylation is 3. The topological polar surface area (TPSA) is 59.8 Å². The van der Waals surface area contributed by atoms with Gasteiger partial charge < -0.3 is 0 Å². The predicted octanol–water partition coefficient (Wildman–Crippen LogP) is 5.44. The van der Waals surface area contributed by atoms with Crippen molar-refractivity contribution in [2.75, 3.05) is 5.32 Å². The van der Waals surface area contributed by atoms with Crippen LogP contribution in [0.15, 0.2) is 60.8 Å². The first-order valence-corrected chi connectivity index (χ1v) is 11.0. The van der Waals surface area contributed by atoms with Crippen LogP contribution in [0.2, 0.25) is 0 Å². The molecule has 6 heteroatoms. The summed E-state index contributed by atoms with van der Waals surface area (Å²) in [5.74, 6) is -0.181. The molecule has 2 aromatic heterocycles. The summed E-state index contributed by atoms with van der Waals surface area (Å²) in [5, 5.41) is 8.45. The Kier molecular flexibility index (Phi) is 4.93. The van der Waals surface area contributed by atoms with E-state index in [9.17, 15) is 4.79 Å². The molecule has 2 aromatic carbocycles. The van der Waals surface area contributed by atoms with Gasteiger partial charge in [0.2, 0.25) is 0 Å². The molecule has 0 atom stereocenters. The van der Waals surface area contributed by atoms with Gasteiger partial charge in [0.25, 0.3) is 5.91 Å². The van der Waals surface area contributed by atoms with E-state index in [2.05, 4.69) is 16.4 Å². The second-order valence-electron chi connectivity index (χ2n) is 7.59. The van der Waals surface area contributed by atoms with E-state index < -0.39 is 0 Å². The molecule has 0 spiro atoms. The Labute approximate surface area is 179 Å². The van der Waals surface area contributed by atoms with Gasteiger partial charge >= 0.3 is 0 Å². The number of thiazole rings is 1. The number of hydrogen-bond donors (Lipinski definition) is 1. The summed E-state index contributed by atoms with van der Waals surface area (Å²) in [4.78, 5) is 19.2. The molecule has 1 aliphatic rings. The van der Waals surface area contributed by atoms with Crippen LogP contribution < -0.4 is 5.32 Å². The van der Waals surface area contributed by atoms with Crippen molar-refractivity contribution in [2.24, 2.45) is 0 Å². The minimum Gasteiger partial charge on any atom is -0.298 e. The van der Waals surface area contributed by atoms with Crippen LogP contribution in [0.3, 0.4) is 0 Å². The van der Waals surface area contributed by atoms with Crippen LogP contribution in [0.5, 0.6) is 0 Å². The lowest BCUT2D eigenvalue weighted by Gasteiger charge is -2.06. The minimum absolute atomic E-state index is 0.181. The van der Waals surface area contributed by atoms with E-state index in [1.165, 1.54) is 17.7 Å². The van der Waals surface area contributed by atoms with Crippen molar-refractivity contribution in [1.29, 1.82) is 0 Å². The molecule has 5 rings (SSSR count). The van der Waals surface area contributed by atoms with Gasteiger partial charge in [-0.3, -0.25) is 10.1 Å². The zero-order chi connectivity index (χ0) is 20.5. The maximum absolute atomic E-state index is 13.3. The fraction of sp³-hybridized carbons (Fsp3) is 0.208. The number of carbonyl (C=O) groups is 1. The Morgan fingerprint density at radius 1 is 1.07 bits per heavy atom. The summed E-state index contributed by atoms with van der Waals surface area (Å²) in [6, 6.07) is 17.9. The number of aromatic nitrogens is 3. The van der Waals surface area contributed by atoms with Crippen LogP contribution in [0.1, 0.15) is 39.3 Å². The van der Waals surface area contributed by atoms with Gasteiger partial charge in [0.1, 0.15) is 5.69 Å². The van der Waals surface area contributed by atoms with Crippen molar-refractivity contribution < 1.29 is 4.79 Å². The molecule has 2 heterocycles. The number of hydrogen-bond acceptors (Lipinski definition) is 4. The molecule has 0 unspecified atom stereocenters. The van der Waals surface area contributed by atoms with Gasteiger partial charge in [-0.1, -0.05) is 42.0 Å². The number of rotatable bonds is 4. The zero-order valence-corrected chi connectivity index (χ0v) is 17.6. The van der Waals surface area contributed by atoms with Gasteiger partial charge in [-0.15, -0.1) is 11.3 Å². The number of fused-ring (bicyclic) bond motifs is 1. The monoisotopic (exact) mass is 414 g/mol. The molecule has 1 aliphatic carbocycles. The first-order chi connectivity index (χ1) is 14.7. The smallest absolute Gasteiger partial charge is 0.261 e. The fourth-order valence-electron chi connectivity index (χ4n) is 3.83. The lowest BCUT2D eigenvalue weighted by molar-refractivity contribution is 0.102. The lowest BCUT2D eigenvalue weighted by Crippen LogP contribution is -2.12. The van der Waals surface area contributed by atoms with Gasteiger partial charge in [-0.05, 0) is 50.8 Å². The van der Waals surface area contributed by atoms with E-state index >= 15 is 0 Å². The lowest BCUT2D eigenvalue weighted by atomic mass is 10.0. The quantitative estimate of drug-likeness (QED) is 0.484. The summed E-state index contributed by atoms with van der Waals surface area (Å²) in [5.41, 5.74) is 5.31. The molecule has 0 saturated carbocycles. The Morgan fingerprint density at radius 2 is 1.90 bits per heavy atom. The van der Waals surface area contributed by atoms with Crippen LogP contribution in [0.4, 0.5) is 5.13 Å². The van der Waals surface area contributed by atoms with Crippen molar-refractivity contribution in [3.8, 4) is 16.9 Å². The molecule has 0 fully saturated rings. The maximum Gasteiger partial charge on any atom is 0.261 e. The highest BCUT2D eigenvalue weighted by molar-refractivity contribution is 7.15. The average Bonchev–Trinajstić information content (AvgIpc) is 3.38. The largest absolute Gasteiger partial charge is 0.298 e. The second-order valence-corrected chi connectivity index (χ2v) is 8.67. The van der Waals surface area contributed by atoms with Gasteiger partial charge in [0, 0.05) is 16.6 Å². The van der Waals surface area contributed by atoms with Gasteiger partial charge in [-0.25, -0.2) is 9.67 Å². The van der Waals surface area contributed by atoms with E-state index in [1.807, 2.05) is 55.5 Å². The number of amides is 1. The summed E-state index contributed by atoms with van der Waals surface area (Å²) >= 11 is 1.60. The van der Waals surface area contributed by atoms with E-state index in [4.69, 9.17) is 5.10 Å². The summed E-state index contributed by atoms with van der Waals surface area (Å²) in [6.45, 7) is 2.04. The summed E-state index contributed by atoms with van der Waals surface area (Å²) < 4.78 is 1.76. The normalized spacial score (nSPS) is 13.1. The van der Waals surface area contributed by atoms with Crippen molar-refractivity contribution in [3.05, 3.63) is 82.5 Å². The van der Waals surface area contributed by atoms with E-state index in [-0.39, 0.29) is 5.91 Å². The molecular formula is C24H22N4OS. The molecular weight excluding hydrogens is 392 g/mol. The summed E-state index contributed by atoms with van der Waals surface area (Å²) in [7, 11) is 0. The van der Waals surface area contributed by atoms with Crippen LogP contribution in [-0.2, 0) is 12.8 Å². The van der Waals surface area contributed by atoms with Crippen molar-refractivity contribution in [3.63, 3.8) is 0 Å². The van der Waals surface area contributed by atoms with E-state index in [0.717, 1.165) is 35.3 Å². The Hall–Kier alpha value is -3.25. The third-order valence-electron chi connectivity index (χ3n) is 5.34. The van der Waals surface area contributed by atoms with E-state index in [1.54, 1.807) is 22.2 Å². The number of carbonyl (C=O) groups excluding carboxylic acids is 1. The molecule has 0 saturated heterocycles. The maximum atomic E-state index is 13.3. The van der Waals surface area contributed by atoms with Crippen LogP contribution >= 0.6 is 11.3 Å². The second kappa shape index (κ2) is 7.88. The molecule has 4 aromatic rings. The van der Waals surface area contributed by atoms with Crippen molar-refractivity contribution >= 4 is 22.4 Å². The Bertz CT molecular complexity index is 1190. The van der Waals surface area contributed by atoms with Gasteiger partial charge in [0.15, 0.2) is 5.13 Å². The van der Waals surface area contributed by atoms with Crippen molar-refractivity contribution in [2.45, 2.75) is 32.6 Å². The number of nitrogens with one attached hydrogen (secondary N) is 1. The Morgan fingerprint density at radius 3 is 2.70 bits per heavy atom. The predicted molar refractivity (Wildman–Crippen MR) is 120 cm³/mol. The van der Waals surface area contributed by atoms with Gasteiger partial charge in [0.05, 0.1) is 16.9 Å². The number of para-hydroxylation sites is 1. The first kappa shape index (κ1) is 18.8. The molecule has 1 amide bonds. The first-order valence-electron chi connectivity index (χ1n) is 10.2. The highest BCUT2D eigenvalue weighted by Gasteiger charge is 2.21. The average molecular weight is 415 g/mol. The molecule has 30 heavy (non-hydrogen) atoms. The minimum atomic E-state index is -0.181. The number of anilines is 1. The van der Waals surface area contributed by atoms with Crippen LogP contribution in [0.25, 0.3) is 16.9 Å². The highest BCUT2D eigenvalue weighted by atomic mass is 32.1. The third kappa shape index (κ3) is 3.66. The van der Waals surface area contributed by atoms with Crippen LogP contribution in [-0.4, -0.2) is 20.7 Å². The number of benzene rings is 2. The number of nitrogens with zero attached hydrogens (tertiary/aromatic N) is 3. The Balaban J connectivity index is 1.53. The molecule has 0 radical (unpaired) electrons. The van der Waals surface area contributed by atoms with Crippen LogP contribution in [0, 0.1) is 6.92 Å². The third-order valence-corrected chi connectivity index (χ3v) is 6.41. The zero-order valence-electron chi connectivity index (χ0n) is 16.8. The molecule has 0 bridgehead atoms. The standard InChI is InChI=1S/C24H22N4OS/c1-16-8-7-9-17(14-16)22-19(15-28(27-22)18-10-3-2-4-11-18)23(29)26-24-25-20-12-5-6-13-21(20)30-24/h2-4,7-11,14-15H,5-6,12-13H2,1H3,(H,25,26,29). The van der Waals surface area contributed by atoms with Crippen molar-refractivity contribution in [1.82, 2.24) is 14.8 Å². The SMILES string of the molecule is Cc1cccc(-c2nn(-c3ccccc3)cc2C(=O)Nc2nc3c(s2)CCCC3)c1. The van der Waals surface area contributed by atoms with E-state index in [0.29, 0.717) is 16.4 Å². The van der Waals surface area contributed by atoms with Gasteiger partial charge in [-0.2, -0.15) is 5.10 Å². The summed E-state index contributed by atoms with van der Waals surface area (Å²) in [6.07, 6.45) is 6.23. The molecule has 0 aliphatic heterocycles. The molecule has 1 N–H and O–H groups in total. The molecule has 5 nitrogen and oxygen atoms in total.